The van der Waals surface area contributed by atoms with Gasteiger partial charge in [0.25, 0.3) is 0 Å². The first-order valence-corrected chi connectivity index (χ1v) is 5.54. The molecule has 0 aliphatic rings. The maximum atomic E-state index is 12.1. The van der Waals surface area contributed by atoms with Gasteiger partial charge in [-0.15, -0.1) is 0 Å². The van der Waals surface area contributed by atoms with E-state index in [1.54, 1.807) is 0 Å². The van der Waals surface area contributed by atoms with Crippen LogP contribution in [0.15, 0.2) is 36.4 Å². The summed E-state index contributed by atoms with van der Waals surface area (Å²) >= 11 is 0. The summed E-state index contributed by atoms with van der Waals surface area (Å²) in [6, 6.07) is 7.78. The number of ketones is 1. The highest BCUT2D eigenvalue weighted by Gasteiger charge is 2.22. The molecule has 0 spiro atoms. The lowest BCUT2D eigenvalue weighted by Gasteiger charge is -2.08. The summed E-state index contributed by atoms with van der Waals surface area (Å²) in [5.41, 5.74) is -0.879. The van der Waals surface area contributed by atoms with Crippen molar-refractivity contribution in [1.82, 2.24) is 0 Å². The second kappa shape index (κ2) is 4.93. The predicted octanol–water partition coefficient (Wildman–Crippen LogP) is 1.73. The van der Waals surface area contributed by atoms with Crippen molar-refractivity contribution >= 4 is 11.8 Å². The number of phenolic OH excluding ortho intramolecular Hbond substituents is 2. The van der Waals surface area contributed by atoms with Crippen molar-refractivity contribution in [1.29, 1.82) is 0 Å². The minimum atomic E-state index is -1.43. The first-order valence-electron chi connectivity index (χ1n) is 5.54. The second-order valence-electron chi connectivity index (χ2n) is 4.01. The second-order valence-corrected chi connectivity index (χ2v) is 4.01. The van der Waals surface area contributed by atoms with E-state index >= 15 is 0 Å². The van der Waals surface area contributed by atoms with Crippen LogP contribution in [0.25, 0.3) is 0 Å². The minimum absolute atomic E-state index is 0.0646. The first kappa shape index (κ1) is 13.4. The maximum Gasteiger partial charge on any atom is 0.339 e. The Bertz CT molecular complexity index is 705. The number of carbonyl (C=O) groups is 2. The molecule has 20 heavy (non-hydrogen) atoms. The number of carboxylic acids is 1. The van der Waals surface area contributed by atoms with E-state index in [2.05, 4.69) is 0 Å². The highest BCUT2D eigenvalue weighted by Crippen LogP contribution is 2.34. The van der Waals surface area contributed by atoms with Crippen LogP contribution in [0.1, 0.15) is 26.3 Å². The fourth-order valence-electron chi connectivity index (χ4n) is 1.75. The van der Waals surface area contributed by atoms with Crippen LogP contribution in [0.2, 0.25) is 0 Å². The fourth-order valence-corrected chi connectivity index (χ4v) is 1.75. The van der Waals surface area contributed by atoms with E-state index in [4.69, 9.17) is 5.11 Å². The highest BCUT2D eigenvalue weighted by molar-refractivity contribution is 6.13. The lowest BCUT2D eigenvalue weighted by Crippen LogP contribution is -2.04. The van der Waals surface area contributed by atoms with Gasteiger partial charge in [0.2, 0.25) is 5.78 Å². The Morgan fingerprint density at radius 3 is 1.90 bits per heavy atom. The molecule has 4 N–H and O–H groups in total. The van der Waals surface area contributed by atoms with Gasteiger partial charge >= 0.3 is 5.97 Å². The van der Waals surface area contributed by atoms with E-state index in [0.717, 1.165) is 12.1 Å². The van der Waals surface area contributed by atoms with Gasteiger partial charge in [-0.3, -0.25) is 4.79 Å². The zero-order valence-corrected chi connectivity index (χ0v) is 10.1. The van der Waals surface area contributed by atoms with Crippen LogP contribution >= 0.6 is 0 Å². The molecule has 102 valence electrons. The van der Waals surface area contributed by atoms with Crippen molar-refractivity contribution in [3.8, 4) is 17.2 Å². The molecule has 0 radical (unpaired) electrons. The molecule has 0 aromatic heterocycles. The standard InChI is InChI=1S/C14H10O6/c15-10-4-2-1-3-7(10)11(16)8-5-6-9(14(19)20)13(18)12(8)17/h1-6,15,17-18H,(H,19,20). The molecule has 6 nitrogen and oxygen atoms in total. The smallest absolute Gasteiger partial charge is 0.339 e. The molecule has 0 fully saturated rings. The molecule has 0 bridgehead atoms. The predicted molar refractivity (Wildman–Crippen MR) is 68.3 cm³/mol. The number of aromatic carboxylic acids is 1. The van der Waals surface area contributed by atoms with E-state index in [1.165, 1.54) is 24.3 Å². The topological polar surface area (TPSA) is 115 Å². The third-order valence-electron chi connectivity index (χ3n) is 2.77. The Kier molecular flexibility index (Phi) is 3.30. The van der Waals surface area contributed by atoms with Crippen LogP contribution in [0.3, 0.4) is 0 Å². The number of carbonyl (C=O) groups excluding carboxylic acids is 1. The molecule has 2 aromatic rings. The molecule has 0 unspecified atom stereocenters. The van der Waals surface area contributed by atoms with Crippen LogP contribution in [0.4, 0.5) is 0 Å². The molecule has 2 aromatic carbocycles. The summed E-state index contributed by atoms with van der Waals surface area (Å²) in [5, 5.41) is 37.7. The van der Waals surface area contributed by atoms with Crippen molar-refractivity contribution in [3.63, 3.8) is 0 Å². The number of hydrogen-bond donors (Lipinski definition) is 4. The summed E-state index contributed by atoms with van der Waals surface area (Å²) in [4.78, 5) is 22.9. The zero-order valence-electron chi connectivity index (χ0n) is 10.1. The quantitative estimate of drug-likeness (QED) is 0.500. The van der Waals surface area contributed by atoms with Crippen molar-refractivity contribution < 1.29 is 30.0 Å². The first-order chi connectivity index (χ1) is 9.43. The summed E-state index contributed by atoms with van der Waals surface area (Å²) < 4.78 is 0. The van der Waals surface area contributed by atoms with Gasteiger partial charge in [-0.05, 0) is 24.3 Å². The van der Waals surface area contributed by atoms with Gasteiger partial charge in [0, 0.05) is 0 Å². The maximum absolute atomic E-state index is 12.1. The molecule has 6 heteroatoms. The van der Waals surface area contributed by atoms with Gasteiger partial charge in [0.05, 0.1) is 11.1 Å². The number of benzene rings is 2. The van der Waals surface area contributed by atoms with E-state index < -0.39 is 28.8 Å². The number of carboxylic acid groups (broad SMARTS) is 1. The molecule has 0 aliphatic carbocycles. The Balaban J connectivity index is 2.55. The van der Waals surface area contributed by atoms with E-state index in [9.17, 15) is 24.9 Å². The van der Waals surface area contributed by atoms with Gasteiger partial charge in [0.15, 0.2) is 11.5 Å². The van der Waals surface area contributed by atoms with Crippen LogP contribution in [-0.4, -0.2) is 32.2 Å². The monoisotopic (exact) mass is 274 g/mol. The fraction of sp³-hybridized carbons (Fsp3) is 0. The Morgan fingerprint density at radius 1 is 0.750 bits per heavy atom. The Labute approximate surface area is 113 Å². The van der Waals surface area contributed by atoms with Crippen LogP contribution in [0.5, 0.6) is 17.2 Å². The molecule has 0 atom stereocenters. The van der Waals surface area contributed by atoms with Crippen molar-refractivity contribution in [3.05, 3.63) is 53.1 Å². The van der Waals surface area contributed by atoms with Gasteiger partial charge in [-0.1, -0.05) is 12.1 Å². The van der Waals surface area contributed by atoms with Crippen molar-refractivity contribution in [2.24, 2.45) is 0 Å². The molecule has 0 saturated carbocycles. The number of hydrogen-bond acceptors (Lipinski definition) is 5. The van der Waals surface area contributed by atoms with Gasteiger partial charge in [-0.2, -0.15) is 0 Å². The van der Waals surface area contributed by atoms with Crippen LogP contribution < -0.4 is 0 Å². The van der Waals surface area contributed by atoms with Gasteiger partial charge in [0.1, 0.15) is 11.3 Å². The molecule has 0 saturated heterocycles. The summed E-state index contributed by atoms with van der Waals surface area (Å²) in [6.45, 7) is 0. The zero-order chi connectivity index (χ0) is 14.9. The molecule has 0 amide bonds. The molecule has 0 aliphatic heterocycles. The average molecular weight is 274 g/mol. The largest absolute Gasteiger partial charge is 0.507 e. The number of rotatable bonds is 3. The molecule has 0 heterocycles. The summed E-state index contributed by atoms with van der Waals surface area (Å²) in [5.74, 6) is -4.16. The van der Waals surface area contributed by atoms with Crippen LogP contribution in [0, 0.1) is 0 Å². The molecular formula is C14H10O6. The number of aromatic hydroxyl groups is 3. The normalized spacial score (nSPS) is 10.2. The number of phenols is 3. The highest BCUT2D eigenvalue weighted by atomic mass is 16.4. The van der Waals surface area contributed by atoms with Gasteiger partial charge in [-0.25, -0.2) is 4.79 Å². The Hall–Kier alpha value is -3.02. The Morgan fingerprint density at radius 2 is 1.30 bits per heavy atom. The summed E-state index contributed by atoms with van der Waals surface area (Å²) in [7, 11) is 0. The van der Waals surface area contributed by atoms with Crippen molar-refractivity contribution in [2.45, 2.75) is 0 Å². The lowest BCUT2D eigenvalue weighted by molar-refractivity contribution is 0.0692. The summed E-state index contributed by atoms with van der Waals surface area (Å²) in [6.07, 6.45) is 0. The number of para-hydroxylation sites is 1. The third-order valence-corrected chi connectivity index (χ3v) is 2.77. The average Bonchev–Trinajstić information content (AvgIpc) is 2.41. The minimum Gasteiger partial charge on any atom is -0.507 e. The third kappa shape index (κ3) is 2.14. The van der Waals surface area contributed by atoms with Crippen molar-refractivity contribution in [2.75, 3.05) is 0 Å². The van der Waals surface area contributed by atoms with E-state index in [0.29, 0.717) is 0 Å². The molecular weight excluding hydrogens is 264 g/mol. The SMILES string of the molecule is O=C(O)c1ccc(C(=O)c2ccccc2O)c(O)c1O. The van der Waals surface area contributed by atoms with Gasteiger partial charge < -0.3 is 20.4 Å². The lowest BCUT2D eigenvalue weighted by atomic mass is 9.99. The van der Waals surface area contributed by atoms with E-state index in [-0.39, 0.29) is 16.9 Å². The van der Waals surface area contributed by atoms with Crippen LogP contribution in [-0.2, 0) is 0 Å². The molecule has 2 rings (SSSR count). The van der Waals surface area contributed by atoms with E-state index in [1.807, 2.05) is 0 Å².